The third-order valence-electron chi connectivity index (χ3n) is 3.52. The van der Waals surface area contributed by atoms with Crippen molar-refractivity contribution in [3.8, 4) is 0 Å². The highest BCUT2D eigenvalue weighted by Crippen LogP contribution is 2.47. The second-order valence-corrected chi connectivity index (χ2v) is 4.92. The third kappa shape index (κ3) is 2.08. The fourth-order valence-corrected chi connectivity index (χ4v) is 2.16. The molecular weight excluding hydrogens is 200 g/mol. The second-order valence-electron chi connectivity index (χ2n) is 4.92. The van der Waals surface area contributed by atoms with Crippen LogP contribution >= 0.6 is 0 Å². The molecule has 0 saturated heterocycles. The minimum Gasteiger partial charge on any atom is -0.356 e. The lowest BCUT2D eigenvalue weighted by molar-refractivity contribution is -0.122. The first-order valence-corrected chi connectivity index (χ1v) is 6.02. The molecular formula is C13H16N2O. The number of aromatic nitrogens is 1. The van der Waals surface area contributed by atoms with E-state index in [2.05, 4.69) is 10.3 Å². The van der Waals surface area contributed by atoms with E-state index in [1.54, 1.807) is 12.4 Å². The zero-order valence-electron chi connectivity index (χ0n) is 9.23. The van der Waals surface area contributed by atoms with Crippen LogP contribution in [0.4, 0.5) is 0 Å². The number of nitrogens with one attached hydrogen (secondary N) is 1. The number of rotatable bonds is 4. The molecule has 16 heavy (non-hydrogen) atoms. The zero-order valence-corrected chi connectivity index (χ0v) is 9.23. The number of carbonyl (C=O) groups excluding carboxylic acids is 1. The first-order chi connectivity index (χ1) is 7.84. The minimum absolute atomic E-state index is 0.209. The lowest BCUT2D eigenvalue weighted by atomic mass is 10.1. The van der Waals surface area contributed by atoms with Crippen molar-refractivity contribution >= 4 is 5.91 Å². The molecule has 0 bridgehead atoms. The second kappa shape index (κ2) is 3.89. The summed E-state index contributed by atoms with van der Waals surface area (Å²) in [6.07, 6.45) is 7.18. The van der Waals surface area contributed by atoms with Crippen LogP contribution < -0.4 is 5.32 Å². The summed E-state index contributed by atoms with van der Waals surface area (Å²) in [5.74, 6) is 1.65. The monoisotopic (exact) mass is 216 g/mol. The van der Waals surface area contributed by atoms with E-state index in [4.69, 9.17) is 0 Å². The van der Waals surface area contributed by atoms with Crippen molar-refractivity contribution in [2.45, 2.75) is 25.2 Å². The molecule has 0 unspecified atom stereocenters. The molecule has 3 nitrogen and oxygen atoms in total. The summed E-state index contributed by atoms with van der Waals surface area (Å²) >= 11 is 0. The molecule has 2 aliphatic rings. The molecule has 1 aromatic heterocycles. The molecule has 2 fully saturated rings. The van der Waals surface area contributed by atoms with Gasteiger partial charge in [0.05, 0.1) is 0 Å². The summed E-state index contributed by atoms with van der Waals surface area (Å²) < 4.78 is 0. The minimum atomic E-state index is 0.209. The molecule has 0 radical (unpaired) electrons. The van der Waals surface area contributed by atoms with Gasteiger partial charge in [0.1, 0.15) is 0 Å². The molecule has 84 valence electrons. The highest BCUT2D eigenvalue weighted by Gasteiger charge is 2.43. The maximum absolute atomic E-state index is 11.8. The van der Waals surface area contributed by atoms with E-state index < -0.39 is 0 Å². The van der Waals surface area contributed by atoms with E-state index in [1.165, 1.54) is 18.4 Å². The van der Waals surface area contributed by atoms with Gasteiger partial charge < -0.3 is 5.32 Å². The van der Waals surface area contributed by atoms with Crippen molar-refractivity contribution in [2.24, 2.45) is 11.8 Å². The van der Waals surface area contributed by atoms with Crippen molar-refractivity contribution in [1.29, 1.82) is 0 Å². The molecule has 3 rings (SSSR count). The first kappa shape index (κ1) is 9.82. The predicted molar refractivity (Wildman–Crippen MR) is 60.8 cm³/mol. The van der Waals surface area contributed by atoms with Crippen molar-refractivity contribution in [1.82, 2.24) is 10.3 Å². The Balaban J connectivity index is 1.52. The molecule has 0 spiro atoms. The Morgan fingerprint density at radius 1 is 1.38 bits per heavy atom. The van der Waals surface area contributed by atoms with Gasteiger partial charge in [-0.2, -0.15) is 0 Å². The van der Waals surface area contributed by atoms with E-state index in [0.717, 1.165) is 18.9 Å². The highest BCUT2D eigenvalue weighted by atomic mass is 16.2. The zero-order chi connectivity index (χ0) is 11.0. The summed E-state index contributed by atoms with van der Waals surface area (Å²) in [5, 5.41) is 3.05. The van der Waals surface area contributed by atoms with Crippen LogP contribution in [0.1, 0.15) is 30.7 Å². The van der Waals surface area contributed by atoms with Crippen LogP contribution in [-0.4, -0.2) is 17.4 Å². The van der Waals surface area contributed by atoms with Gasteiger partial charge in [-0.3, -0.25) is 9.78 Å². The van der Waals surface area contributed by atoms with Gasteiger partial charge in [-0.05, 0) is 48.8 Å². The van der Waals surface area contributed by atoms with Crippen molar-refractivity contribution in [3.63, 3.8) is 0 Å². The maximum atomic E-state index is 11.8. The fourth-order valence-electron chi connectivity index (χ4n) is 2.16. The average molecular weight is 216 g/mol. The van der Waals surface area contributed by atoms with Gasteiger partial charge in [0.15, 0.2) is 0 Å². The highest BCUT2D eigenvalue weighted by molar-refractivity contribution is 5.82. The van der Waals surface area contributed by atoms with Gasteiger partial charge in [-0.15, -0.1) is 0 Å². The summed E-state index contributed by atoms with van der Waals surface area (Å²) in [7, 11) is 0. The quantitative estimate of drug-likeness (QED) is 0.832. The van der Waals surface area contributed by atoms with Gasteiger partial charge in [0.2, 0.25) is 5.91 Å². The molecule has 0 aromatic carbocycles. The van der Waals surface area contributed by atoms with E-state index in [0.29, 0.717) is 5.92 Å². The average Bonchev–Trinajstić information content (AvgIpc) is 3.19. The van der Waals surface area contributed by atoms with Crippen LogP contribution in [0.5, 0.6) is 0 Å². The van der Waals surface area contributed by atoms with Crippen LogP contribution in [0.25, 0.3) is 0 Å². The normalized spacial score (nSPS) is 27.5. The van der Waals surface area contributed by atoms with Crippen molar-refractivity contribution in [3.05, 3.63) is 30.1 Å². The fraction of sp³-hybridized carbons (Fsp3) is 0.538. The Morgan fingerprint density at radius 3 is 2.81 bits per heavy atom. The van der Waals surface area contributed by atoms with E-state index in [-0.39, 0.29) is 11.8 Å². The molecule has 2 saturated carbocycles. The standard InChI is InChI=1S/C13H16N2O/c16-13(15-8-9-1-2-9)12-7-11(12)10-3-5-14-6-4-10/h3-6,9,11-12H,1-2,7-8H2,(H,15,16)/t11-,12-/m1/s1. The van der Waals surface area contributed by atoms with Crippen LogP contribution in [-0.2, 0) is 4.79 Å². The lowest BCUT2D eigenvalue weighted by Gasteiger charge is -2.03. The topological polar surface area (TPSA) is 42.0 Å². The van der Waals surface area contributed by atoms with Gasteiger partial charge >= 0.3 is 0 Å². The Kier molecular flexibility index (Phi) is 2.39. The number of nitrogens with zero attached hydrogens (tertiary/aromatic N) is 1. The summed E-state index contributed by atoms with van der Waals surface area (Å²) in [6, 6.07) is 4.03. The van der Waals surface area contributed by atoms with Crippen molar-refractivity contribution < 1.29 is 4.79 Å². The summed E-state index contributed by atoms with van der Waals surface area (Å²) in [4.78, 5) is 15.8. The van der Waals surface area contributed by atoms with E-state index in [9.17, 15) is 4.79 Å². The van der Waals surface area contributed by atoms with Crippen LogP contribution in [0.2, 0.25) is 0 Å². The number of pyridine rings is 1. The first-order valence-electron chi connectivity index (χ1n) is 6.02. The van der Waals surface area contributed by atoms with Crippen LogP contribution in [0.15, 0.2) is 24.5 Å². The van der Waals surface area contributed by atoms with Crippen LogP contribution in [0, 0.1) is 11.8 Å². The maximum Gasteiger partial charge on any atom is 0.223 e. The Labute approximate surface area is 95.3 Å². The molecule has 1 aromatic rings. The largest absolute Gasteiger partial charge is 0.356 e. The van der Waals surface area contributed by atoms with E-state index in [1.807, 2.05) is 12.1 Å². The number of hydrogen-bond donors (Lipinski definition) is 1. The smallest absolute Gasteiger partial charge is 0.223 e. The number of carbonyl (C=O) groups is 1. The molecule has 1 heterocycles. The molecule has 2 aliphatic carbocycles. The summed E-state index contributed by atoms with van der Waals surface area (Å²) in [5.41, 5.74) is 1.25. The predicted octanol–water partition coefficient (Wildman–Crippen LogP) is 1.71. The number of hydrogen-bond acceptors (Lipinski definition) is 2. The molecule has 0 aliphatic heterocycles. The Bertz CT molecular complexity index is 386. The van der Waals surface area contributed by atoms with Crippen molar-refractivity contribution in [2.75, 3.05) is 6.54 Å². The SMILES string of the molecule is O=C(NCC1CC1)[C@@H]1C[C@@H]1c1ccncc1. The number of amides is 1. The van der Waals surface area contributed by atoms with Gasteiger partial charge in [0, 0.05) is 24.9 Å². The molecule has 3 heteroatoms. The Morgan fingerprint density at radius 2 is 2.12 bits per heavy atom. The van der Waals surface area contributed by atoms with Gasteiger partial charge in [-0.1, -0.05) is 0 Å². The molecule has 1 N–H and O–H groups in total. The lowest BCUT2D eigenvalue weighted by Crippen LogP contribution is -2.27. The van der Waals surface area contributed by atoms with Crippen LogP contribution in [0.3, 0.4) is 0 Å². The van der Waals surface area contributed by atoms with Gasteiger partial charge in [-0.25, -0.2) is 0 Å². The summed E-state index contributed by atoms with van der Waals surface area (Å²) in [6.45, 7) is 0.887. The Hall–Kier alpha value is -1.38. The van der Waals surface area contributed by atoms with Gasteiger partial charge in [0.25, 0.3) is 0 Å². The molecule has 1 amide bonds. The molecule has 2 atom stereocenters. The third-order valence-corrected chi connectivity index (χ3v) is 3.52. The van der Waals surface area contributed by atoms with E-state index >= 15 is 0 Å².